The molecule has 1 aromatic rings. The standard InChI is InChI=1S/C10H12.C6H10.CH4/c1-3-9-7-5-6-8-10(9)4-2;1-3-5-6-4-2;/h3-8H,1-2H3;3-6H,1-2H3;1H4/b9-3-,10-4-;5-3-,6-4-;. The third-order valence-electron chi connectivity index (χ3n) is 2.11. The summed E-state index contributed by atoms with van der Waals surface area (Å²) in [7, 11) is 0. The molecule has 0 fully saturated rings. The van der Waals surface area contributed by atoms with Gasteiger partial charge >= 0.3 is 0 Å². The predicted molar refractivity (Wildman–Crippen MR) is 82.3 cm³/mol. The highest BCUT2D eigenvalue weighted by atomic mass is 13.8. The van der Waals surface area contributed by atoms with E-state index in [9.17, 15) is 0 Å². The summed E-state index contributed by atoms with van der Waals surface area (Å²) in [5, 5.41) is 2.62. The van der Waals surface area contributed by atoms with Crippen LogP contribution in [0.3, 0.4) is 0 Å². The van der Waals surface area contributed by atoms with Crippen molar-refractivity contribution < 1.29 is 0 Å². The maximum absolute atomic E-state index is 2.12. The van der Waals surface area contributed by atoms with Crippen LogP contribution >= 0.6 is 0 Å². The van der Waals surface area contributed by atoms with Crippen LogP contribution in [0.1, 0.15) is 35.1 Å². The Kier molecular flexibility index (Phi) is 13.1. The lowest BCUT2D eigenvalue weighted by molar-refractivity contribution is 1.50. The summed E-state index contributed by atoms with van der Waals surface area (Å²) >= 11 is 0. The molecule has 17 heavy (non-hydrogen) atoms. The van der Waals surface area contributed by atoms with Gasteiger partial charge in [-0.05, 0) is 38.1 Å². The third kappa shape index (κ3) is 8.27. The molecule has 0 heterocycles. The molecule has 1 rings (SSSR count). The van der Waals surface area contributed by atoms with Crippen LogP contribution in [0.15, 0.2) is 48.6 Å². The Bertz CT molecular complexity index is 390. The molecule has 0 spiro atoms. The van der Waals surface area contributed by atoms with Crippen molar-refractivity contribution >= 4 is 12.2 Å². The molecule has 0 N–H and O–H groups in total. The van der Waals surface area contributed by atoms with Crippen molar-refractivity contribution in [3.63, 3.8) is 0 Å². The van der Waals surface area contributed by atoms with E-state index in [1.54, 1.807) is 0 Å². The fraction of sp³-hybridized carbons (Fsp3) is 0.294. The van der Waals surface area contributed by atoms with Gasteiger partial charge in [-0.3, -0.25) is 0 Å². The first-order valence-electron chi connectivity index (χ1n) is 5.71. The van der Waals surface area contributed by atoms with Crippen LogP contribution < -0.4 is 10.4 Å². The molecule has 0 radical (unpaired) electrons. The van der Waals surface area contributed by atoms with Crippen molar-refractivity contribution in [3.05, 3.63) is 59.0 Å². The van der Waals surface area contributed by atoms with Crippen molar-refractivity contribution in [2.45, 2.75) is 35.1 Å². The molecule has 0 nitrogen and oxygen atoms in total. The average Bonchev–Trinajstić information content (AvgIpc) is 2.36. The van der Waals surface area contributed by atoms with Crippen LogP contribution in [0.2, 0.25) is 0 Å². The van der Waals surface area contributed by atoms with Gasteiger partial charge in [-0.25, -0.2) is 0 Å². The molecule has 0 heteroatoms. The summed E-state index contributed by atoms with van der Waals surface area (Å²) in [6, 6.07) is 8.36. The highest BCUT2D eigenvalue weighted by molar-refractivity contribution is 5.28. The Morgan fingerprint density at radius 3 is 1.29 bits per heavy atom. The molecule has 1 aromatic carbocycles. The van der Waals surface area contributed by atoms with Crippen molar-refractivity contribution in [2.24, 2.45) is 0 Å². The molecular formula is C17H26. The second-order valence-electron chi connectivity index (χ2n) is 3.26. The lowest BCUT2D eigenvalue weighted by Gasteiger charge is -1.85. The Labute approximate surface area is 107 Å². The molecule has 0 amide bonds. The minimum atomic E-state index is 0. The second-order valence-corrected chi connectivity index (χ2v) is 3.26. The molecule has 94 valence electrons. The number of allylic oxidation sites excluding steroid dienone is 4. The summed E-state index contributed by atoms with van der Waals surface area (Å²) in [6.07, 6.45) is 12.2. The summed E-state index contributed by atoms with van der Waals surface area (Å²) in [5.41, 5.74) is 0. The Balaban J connectivity index is 0. The van der Waals surface area contributed by atoms with Gasteiger partial charge in [0, 0.05) is 0 Å². The normalized spacial score (nSPS) is 12.5. The SMILES string of the molecule is C.C/C=C\C=C/C.C/C=c1/cccc/c1=C/C. The van der Waals surface area contributed by atoms with Gasteiger partial charge in [0.1, 0.15) is 0 Å². The van der Waals surface area contributed by atoms with E-state index in [-0.39, 0.29) is 7.43 Å². The largest absolute Gasteiger partial charge is 0.0877 e. The van der Waals surface area contributed by atoms with Crippen molar-refractivity contribution in [1.82, 2.24) is 0 Å². The maximum atomic E-state index is 2.12. The number of hydrogen-bond acceptors (Lipinski definition) is 0. The first-order chi connectivity index (χ1) is 7.79. The molecule has 0 saturated carbocycles. The Morgan fingerprint density at radius 2 is 1.06 bits per heavy atom. The number of benzene rings is 1. The van der Waals surface area contributed by atoms with E-state index in [1.165, 1.54) is 10.4 Å². The molecule has 0 aromatic heterocycles. The third-order valence-corrected chi connectivity index (χ3v) is 2.11. The van der Waals surface area contributed by atoms with E-state index in [0.29, 0.717) is 0 Å². The molecule has 0 atom stereocenters. The Morgan fingerprint density at radius 1 is 0.706 bits per heavy atom. The lowest BCUT2D eigenvalue weighted by Crippen LogP contribution is -2.22. The van der Waals surface area contributed by atoms with Crippen LogP contribution in [0.25, 0.3) is 12.2 Å². The van der Waals surface area contributed by atoms with Gasteiger partial charge in [-0.15, -0.1) is 0 Å². The van der Waals surface area contributed by atoms with Crippen LogP contribution in [0.4, 0.5) is 0 Å². The minimum Gasteiger partial charge on any atom is -0.0877 e. The van der Waals surface area contributed by atoms with E-state index in [0.717, 1.165) is 0 Å². The highest BCUT2D eigenvalue weighted by Crippen LogP contribution is 1.71. The van der Waals surface area contributed by atoms with Crippen LogP contribution in [0.5, 0.6) is 0 Å². The van der Waals surface area contributed by atoms with E-state index in [1.807, 2.05) is 38.2 Å². The van der Waals surface area contributed by atoms with Gasteiger partial charge in [0.25, 0.3) is 0 Å². The second kappa shape index (κ2) is 12.5. The zero-order chi connectivity index (χ0) is 12.2. The highest BCUT2D eigenvalue weighted by Gasteiger charge is 1.77. The van der Waals surface area contributed by atoms with Crippen LogP contribution in [0, 0.1) is 0 Å². The molecule has 0 bridgehead atoms. The van der Waals surface area contributed by atoms with Crippen molar-refractivity contribution in [1.29, 1.82) is 0 Å². The van der Waals surface area contributed by atoms with Gasteiger partial charge < -0.3 is 0 Å². The van der Waals surface area contributed by atoms with Crippen LogP contribution in [-0.2, 0) is 0 Å². The van der Waals surface area contributed by atoms with Crippen molar-refractivity contribution in [3.8, 4) is 0 Å². The molecule has 0 unspecified atom stereocenters. The van der Waals surface area contributed by atoms with E-state index >= 15 is 0 Å². The van der Waals surface area contributed by atoms with E-state index in [4.69, 9.17) is 0 Å². The first-order valence-corrected chi connectivity index (χ1v) is 5.71. The molecular weight excluding hydrogens is 204 g/mol. The number of hydrogen-bond donors (Lipinski definition) is 0. The lowest BCUT2D eigenvalue weighted by atomic mass is 10.2. The molecule has 0 aliphatic rings. The molecule has 0 aliphatic carbocycles. The fourth-order valence-electron chi connectivity index (χ4n) is 1.26. The van der Waals surface area contributed by atoms with Crippen LogP contribution in [-0.4, -0.2) is 0 Å². The quantitative estimate of drug-likeness (QED) is 0.638. The van der Waals surface area contributed by atoms with Crippen molar-refractivity contribution in [2.75, 3.05) is 0 Å². The van der Waals surface area contributed by atoms with Gasteiger partial charge in [0.05, 0.1) is 0 Å². The Hall–Kier alpha value is -1.56. The van der Waals surface area contributed by atoms with Gasteiger partial charge in [-0.1, -0.05) is 68.1 Å². The predicted octanol–water partition coefficient (Wildman–Crippen LogP) is 4.06. The monoisotopic (exact) mass is 230 g/mol. The van der Waals surface area contributed by atoms with Gasteiger partial charge in [0.2, 0.25) is 0 Å². The van der Waals surface area contributed by atoms with Gasteiger partial charge in [-0.2, -0.15) is 0 Å². The maximum Gasteiger partial charge on any atom is -0.0230 e. The molecule has 0 saturated heterocycles. The first kappa shape index (κ1) is 17.8. The van der Waals surface area contributed by atoms with E-state index in [2.05, 4.69) is 50.3 Å². The zero-order valence-electron chi connectivity index (χ0n) is 10.8. The zero-order valence-corrected chi connectivity index (χ0v) is 10.8. The minimum absolute atomic E-state index is 0. The summed E-state index contributed by atoms with van der Waals surface area (Å²) in [5.74, 6) is 0. The fourth-order valence-corrected chi connectivity index (χ4v) is 1.26. The topological polar surface area (TPSA) is 0 Å². The van der Waals surface area contributed by atoms with Gasteiger partial charge in [0.15, 0.2) is 0 Å². The average molecular weight is 230 g/mol. The summed E-state index contributed by atoms with van der Waals surface area (Å²) in [4.78, 5) is 0. The van der Waals surface area contributed by atoms with E-state index < -0.39 is 0 Å². The summed E-state index contributed by atoms with van der Waals surface area (Å²) in [6.45, 7) is 8.12. The number of rotatable bonds is 1. The summed E-state index contributed by atoms with van der Waals surface area (Å²) < 4.78 is 0. The smallest absolute Gasteiger partial charge is 0.0230 e. The molecule has 0 aliphatic heterocycles.